The molecule has 0 heterocycles. The highest BCUT2D eigenvalue weighted by molar-refractivity contribution is 5.97. The van der Waals surface area contributed by atoms with Crippen molar-refractivity contribution in [3.8, 4) is 17.2 Å². The van der Waals surface area contributed by atoms with Crippen LogP contribution in [0.25, 0.3) is 0 Å². The summed E-state index contributed by atoms with van der Waals surface area (Å²) in [7, 11) is 1.57. The molecule has 49 heavy (non-hydrogen) atoms. The second-order valence-corrected chi connectivity index (χ2v) is 11.5. The molecule has 0 unspecified atom stereocenters. The van der Waals surface area contributed by atoms with Crippen LogP contribution in [-0.4, -0.2) is 54.0 Å². The van der Waals surface area contributed by atoms with E-state index in [1.54, 1.807) is 79.9 Å². The third kappa shape index (κ3) is 11.5. The molecule has 2 N–H and O–H groups in total. The first-order chi connectivity index (χ1) is 23.7. The van der Waals surface area contributed by atoms with Gasteiger partial charge in [0.2, 0.25) is 5.91 Å². The number of esters is 1. The molecule has 2 amide bonds. The minimum Gasteiger partial charge on any atom is -0.497 e. The largest absolute Gasteiger partial charge is 0.497 e. The molecule has 0 aliphatic heterocycles. The number of methoxy groups -OCH3 is 1. The van der Waals surface area contributed by atoms with Crippen LogP contribution in [-0.2, 0) is 22.6 Å². The number of anilines is 1. The second kappa shape index (κ2) is 18.6. The Morgan fingerprint density at radius 1 is 0.755 bits per heavy atom. The molecule has 0 aromatic heterocycles. The number of nitrogens with one attached hydrogen (secondary N) is 1. The molecule has 0 aliphatic rings. The van der Waals surface area contributed by atoms with Gasteiger partial charge in [-0.1, -0.05) is 69.0 Å². The Hall–Kier alpha value is -5.64. The average Bonchev–Trinajstić information content (AvgIpc) is 3.10. The quantitative estimate of drug-likeness (QED) is 0.0649. The molecule has 0 saturated carbocycles. The molecule has 0 atom stereocenters. The first-order valence-electron chi connectivity index (χ1n) is 16.3. The highest BCUT2D eigenvalue weighted by Crippen LogP contribution is 2.23. The van der Waals surface area contributed by atoms with E-state index in [0.29, 0.717) is 40.7 Å². The van der Waals surface area contributed by atoms with E-state index in [2.05, 4.69) is 12.2 Å². The predicted molar refractivity (Wildman–Crippen MR) is 186 cm³/mol. The maximum atomic E-state index is 13.3. The van der Waals surface area contributed by atoms with Gasteiger partial charge in [0.15, 0.2) is 0 Å². The predicted octanol–water partition coefficient (Wildman–Crippen LogP) is 7.17. The van der Waals surface area contributed by atoms with Gasteiger partial charge in [0.05, 0.1) is 20.1 Å². The Morgan fingerprint density at radius 2 is 1.41 bits per heavy atom. The van der Waals surface area contributed by atoms with Gasteiger partial charge in [-0.2, -0.15) is 0 Å². The highest BCUT2D eigenvalue weighted by atomic mass is 16.5. The average molecular weight is 667 g/mol. The molecule has 256 valence electrons. The summed E-state index contributed by atoms with van der Waals surface area (Å²) in [5.41, 5.74) is 2.55. The first-order valence-corrected chi connectivity index (χ1v) is 16.3. The zero-order chi connectivity index (χ0) is 35.0. The van der Waals surface area contributed by atoms with Crippen molar-refractivity contribution in [2.75, 3.05) is 25.6 Å². The number of hydrogen-bond donors (Lipinski definition) is 2. The zero-order valence-corrected chi connectivity index (χ0v) is 27.9. The molecule has 10 nitrogen and oxygen atoms in total. The fraction of sp³-hybridized carbons (Fsp3) is 0.282. The highest BCUT2D eigenvalue weighted by Gasteiger charge is 2.20. The minimum atomic E-state index is -1.16. The van der Waals surface area contributed by atoms with E-state index in [-0.39, 0.29) is 24.4 Å². The minimum absolute atomic E-state index is 0.00857. The van der Waals surface area contributed by atoms with Gasteiger partial charge in [0, 0.05) is 17.8 Å². The van der Waals surface area contributed by atoms with Crippen molar-refractivity contribution in [3.05, 3.63) is 119 Å². The van der Waals surface area contributed by atoms with E-state index in [1.807, 2.05) is 12.1 Å². The van der Waals surface area contributed by atoms with Crippen molar-refractivity contribution in [2.45, 2.75) is 52.0 Å². The number of aliphatic carboxylic acids is 1. The molecular weight excluding hydrogens is 624 g/mol. The molecule has 4 aromatic rings. The van der Waals surface area contributed by atoms with Crippen LogP contribution in [0.15, 0.2) is 97.1 Å². The van der Waals surface area contributed by atoms with Gasteiger partial charge < -0.3 is 29.5 Å². The Morgan fingerprint density at radius 3 is 2.08 bits per heavy atom. The van der Waals surface area contributed by atoms with Crippen molar-refractivity contribution >= 4 is 29.4 Å². The third-order valence-corrected chi connectivity index (χ3v) is 7.67. The Balaban J connectivity index is 1.33. The van der Waals surface area contributed by atoms with Crippen LogP contribution in [0.1, 0.15) is 70.9 Å². The molecule has 0 fully saturated rings. The number of carbonyl (C=O) groups is 4. The fourth-order valence-corrected chi connectivity index (χ4v) is 5.07. The standard InChI is InChI=1S/C39H42N2O8/c1-3-4-5-6-9-24-48-35-11-8-7-10-34(35)39(46)49-33-22-14-29(15-23-33)26-41(27-37(43)44)38(45)30-16-18-31(19-17-30)40-36(42)25-28-12-20-32(47-2)21-13-28/h7-8,10-23H,3-6,9,24-27H2,1-2H3,(H,40,42)(H,43,44). The van der Waals surface area contributed by atoms with E-state index in [9.17, 15) is 24.3 Å². The van der Waals surface area contributed by atoms with Crippen molar-refractivity contribution in [1.29, 1.82) is 0 Å². The number of unbranched alkanes of at least 4 members (excludes halogenated alkanes) is 4. The zero-order valence-electron chi connectivity index (χ0n) is 27.9. The molecule has 0 radical (unpaired) electrons. The van der Waals surface area contributed by atoms with Gasteiger partial charge in [0.25, 0.3) is 5.91 Å². The van der Waals surface area contributed by atoms with E-state index < -0.39 is 24.4 Å². The summed E-state index contributed by atoms with van der Waals surface area (Å²) in [6.45, 7) is 2.17. The number of carboxylic acid groups (broad SMARTS) is 1. The van der Waals surface area contributed by atoms with Gasteiger partial charge in [-0.15, -0.1) is 0 Å². The lowest BCUT2D eigenvalue weighted by molar-refractivity contribution is -0.137. The van der Waals surface area contributed by atoms with Gasteiger partial charge >= 0.3 is 11.9 Å². The third-order valence-electron chi connectivity index (χ3n) is 7.67. The van der Waals surface area contributed by atoms with Crippen molar-refractivity contribution < 1.29 is 38.5 Å². The van der Waals surface area contributed by atoms with Crippen molar-refractivity contribution in [2.24, 2.45) is 0 Å². The summed E-state index contributed by atoms with van der Waals surface area (Å²) < 4.78 is 16.6. The molecule has 0 aliphatic carbocycles. The van der Waals surface area contributed by atoms with Crippen LogP contribution in [0.2, 0.25) is 0 Å². The number of amides is 2. The number of carbonyl (C=O) groups excluding carboxylic acids is 3. The monoisotopic (exact) mass is 666 g/mol. The lowest BCUT2D eigenvalue weighted by Gasteiger charge is -2.21. The normalized spacial score (nSPS) is 10.6. The van der Waals surface area contributed by atoms with Crippen LogP contribution < -0.4 is 19.5 Å². The number of carboxylic acids is 1. The van der Waals surface area contributed by atoms with Crippen LogP contribution in [0, 0.1) is 0 Å². The number of rotatable bonds is 18. The fourth-order valence-electron chi connectivity index (χ4n) is 5.07. The number of benzene rings is 4. The molecule has 4 rings (SSSR count). The van der Waals surface area contributed by atoms with Gasteiger partial charge in [-0.25, -0.2) is 4.79 Å². The smallest absolute Gasteiger partial charge is 0.347 e. The topological polar surface area (TPSA) is 131 Å². The summed E-state index contributed by atoms with van der Waals surface area (Å²) >= 11 is 0. The van der Waals surface area contributed by atoms with Crippen molar-refractivity contribution in [3.63, 3.8) is 0 Å². The summed E-state index contributed by atoms with van der Waals surface area (Å²) in [6, 6.07) is 26.9. The van der Waals surface area contributed by atoms with E-state index in [4.69, 9.17) is 14.2 Å². The van der Waals surface area contributed by atoms with Crippen LogP contribution in [0.4, 0.5) is 5.69 Å². The first kappa shape index (κ1) is 36.2. The Labute approximate surface area is 286 Å². The number of nitrogens with zero attached hydrogens (tertiary/aromatic N) is 1. The van der Waals surface area contributed by atoms with Crippen LogP contribution in [0.5, 0.6) is 17.2 Å². The molecule has 10 heteroatoms. The van der Waals surface area contributed by atoms with E-state index in [1.165, 1.54) is 29.9 Å². The number of hydrogen-bond acceptors (Lipinski definition) is 7. The van der Waals surface area contributed by atoms with E-state index in [0.717, 1.165) is 24.8 Å². The lowest BCUT2D eigenvalue weighted by atomic mass is 10.1. The summed E-state index contributed by atoms with van der Waals surface area (Å²) in [5.74, 6) is -0.978. The maximum absolute atomic E-state index is 13.3. The summed E-state index contributed by atoms with van der Waals surface area (Å²) in [6.07, 6.45) is 5.65. The molecular formula is C39H42N2O8. The molecule has 0 spiro atoms. The molecule has 0 saturated heterocycles. The maximum Gasteiger partial charge on any atom is 0.347 e. The summed E-state index contributed by atoms with van der Waals surface area (Å²) in [5, 5.41) is 12.3. The Bertz CT molecular complexity index is 1690. The van der Waals surface area contributed by atoms with Crippen molar-refractivity contribution in [1.82, 2.24) is 4.90 Å². The second-order valence-electron chi connectivity index (χ2n) is 11.5. The van der Waals surface area contributed by atoms with Gasteiger partial charge in [-0.05, 0) is 78.2 Å². The van der Waals surface area contributed by atoms with Gasteiger partial charge in [0.1, 0.15) is 29.4 Å². The SMILES string of the molecule is CCCCCCCOc1ccccc1C(=O)Oc1ccc(CN(CC(=O)O)C(=O)c2ccc(NC(=O)Cc3ccc(OC)cc3)cc2)cc1. The molecule has 0 bridgehead atoms. The molecule has 4 aromatic carbocycles. The lowest BCUT2D eigenvalue weighted by Crippen LogP contribution is -2.35. The van der Waals surface area contributed by atoms with E-state index >= 15 is 0 Å². The number of ether oxygens (including phenoxy) is 3. The van der Waals surface area contributed by atoms with Crippen LogP contribution >= 0.6 is 0 Å². The number of para-hydroxylation sites is 1. The van der Waals surface area contributed by atoms with Crippen LogP contribution in [0.3, 0.4) is 0 Å². The van der Waals surface area contributed by atoms with Gasteiger partial charge in [-0.3, -0.25) is 14.4 Å². The Kier molecular flexibility index (Phi) is 13.8. The summed E-state index contributed by atoms with van der Waals surface area (Å²) in [4.78, 5) is 51.7.